The van der Waals surface area contributed by atoms with Gasteiger partial charge in [-0.3, -0.25) is 9.59 Å². The van der Waals surface area contributed by atoms with E-state index in [2.05, 4.69) is 0 Å². The van der Waals surface area contributed by atoms with Crippen LogP contribution < -0.4 is 4.74 Å². The first-order chi connectivity index (χ1) is 13.5. The highest BCUT2D eigenvalue weighted by molar-refractivity contribution is 8.22. The zero-order valence-electron chi connectivity index (χ0n) is 15.7. The van der Waals surface area contributed by atoms with Gasteiger partial charge in [0.2, 0.25) is 0 Å². The van der Waals surface area contributed by atoms with E-state index in [-0.39, 0.29) is 16.8 Å². The summed E-state index contributed by atoms with van der Waals surface area (Å²) >= 11 is 9.12. The van der Waals surface area contributed by atoms with Crippen molar-refractivity contribution < 1.29 is 14.3 Å². The second-order valence-corrected chi connectivity index (χ2v) is 9.35. The first-order valence-corrected chi connectivity index (χ1v) is 11.4. The Hall–Kier alpha value is -1.69. The van der Waals surface area contributed by atoms with Crippen molar-refractivity contribution in [3.8, 4) is 5.75 Å². The van der Waals surface area contributed by atoms with Gasteiger partial charge in [0.1, 0.15) is 5.75 Å². The van der Waals surface area contributed by atoms with Crippen molar-refractivity contribution in [3.63, 3.8) is 0 Å². The van der Waals surface area contributed by atoms with E-state index < -0.39 is 0 Å². The predicted molar refractivity (Wildman–Crippen MR) is 119 cm³/mol. The maximum Gasteiger partial charge on any atom is 0.198 e. The monoisotopic (exact) mass is 432 g/mol. The summed E-state index contributed by atoms with van der Waals surface area (Å²) in [5.74, 6) is 1.19. The fourth-order valence-electron chi connectivity index (χ4n) is 2.95. The third kappa shape index (κ3) is 4.83. The van der Waals surface area contributed by atoms with Gasteiger partial charge < -0.3 is 4.74 Å². The molecule has 3 nitrogen and oxygen atoms in total. The maximum atomic E-state index is 13.1. The van der Waals surface area contributed by atoms with E-state index in [0.29, 0.717) is 34.9 Å². The molecule has 3 rings (SSSR count). The van der Waals surface area contributed by atoms with Crippen LogP contribution in [0, 0.1) is 0 Å². The van der Waals surface area contributed by atoms with Gasteiger partial charge >= 0.3 is 0 Å². The van der Waals surface area contributed by atoms with Crippen molar-refractivity contribution in [2.45, 2.75) is 25.5 Å². The molecule has 0 saturated carbocycles. The average molecular weight is 433 g/mol. The number of ether oxygens (including phenoxy) is 1. The van der Waals surface area contributed by atoms with Crippen molar-refractivity contribution in [1.82, 2.24) is 0 Å². The number of Topliss-reactive ketones (excluding diaryl/α,β-unsaturated/α-hetero) is 2. The van der Waals surface area contributed by atoms with E-state index in [1.807, 2.05) is 38.1 Å². The summed E-state index contributed by atoms with van der Waals surface area (Å²) < 4.78 is 6.23. The lowest BCUT2D eigenvalue weighted by Crippen LogP contribution is -2.20. The normalized spacial score (nSPS) is 17.0. The Morgan fingerprint density at radius 3 is 2.43 bits per heavy atom. The summed E-state index contributed by atoms with van der Waals surface area (Å²) in [6.07, 6.45) is 0.304. The molecule has 1 aliphatic rings. The Morgan fingerprint density at radius 1 is 1.14 bits per heavy atom. The number of hydrogen-bond donors (Lipinski definition) is 0. The van der Waals surface area contributed by atoms with Gasteiger partial charge in [0.15, 0.2) is 11.6 Å². The number of halogens is 1. The Kier molecular flexibility index (Phi) is 7.27. The third-order valence-electron chi connectivity index (χ3n) is 4.27. The second kappa shape index (κ2) is 9.68. The minimum atomic E-state index is -0.217. The van der Waals surface area contributed by atoms with Crippen molar-refractivity contribution in [1.29, 1.82) is 0 Å². The molecule has 1 unspecified atom stereocenters. The number of thioether (sulfide) groups is 2. The van der Waals surface area contributed by atoms with E-state index >= 15 is 0 Å². The zero-order valence-corrected chi connectivity index (χ0v) is 18.1. The summed E-state index contributed by atoms with van der Waals surface area (Å²) in [6, 6.07) is 14.5. The van der Waals surface area contributed by atoms with Gasteiger partial charge in [-0.2, -0.15) is 0 Å². The first kappa shape index (κ1) is 21.0. The third-order valence-corrected chi connectivity index (χ3v) is 7.07. The Bertz CT molecular complexity index is 889. The first-order valence-electron chi connectivity index (χ1n) is 9.13. The van der Waals surface area contributed by atoms with Gasteiger partial charge in [0, 0.05) is 22.3 Å². The SMILES string of the molecule is CCOc1ccc(C(=O)C2=C(SCC)SC(c3ccc(Cl)cc3)CC2=O)cc1. The zero-order chi connectivity index (χ0) is 20.1. The van der Waals surface area contributed by atoms with Gasteiger partial charge in [-0.05, 0) is 54.6 Å². The molecular formula is C22H21ClO3S2. The molecule has 6 heteroatoms. The smallest absolute Gasteiger partial charge is 0.198 e. The minimum absolute atomic E-state index is 0.00398. The highest BCUT2D eigenvalue weighted by atomic mass is 35.5. The number of allylic oxidation sites excluding steroid dienone is 1. The van der Waals surface area contributed by atoms with Gasteiger partial charge in [-0.1, -0.05) is 30.7 Å². The summed E-state index contributed by atoms with van der Waals surface area (Å²) in [5.41, 5.74) is 1.86. The Labute approximate surface area is 178 Å². The molecule has 1 aliphatic heterocycles. The van der Waals surface area contributed by atoms with E-state index in [1.54, 1.807) is 47.8 Å². The van der Waals surface area contributed by atoms with Gasteiger partial charge in [0.05, 0.1) is 16.4 Å². The summed E-state index contributed by atoms with van der Waals surface area (Å²) in [4.78, 5) is 26.0. The second-order valence-electron chi connectivity index (χ2n) is 6.17. The molecule has 1 heterocycles. The van der Waals surface area contributed by atoms with Gasteiger partial charge in [0.25, 0.3) is 0 Å². The van der Waals surface area contributed by atoms with E-state index in [0.717, 1.165) is 15.6 Å². The highest BCUT2D eigenvalue weighted by Crippen LogP contribution is 2.48. The average Bonchev–Trinajstić information content (AvgIpc) is 2.69. The molecule has 0 N–H and O–H groups in total. The minimum Gasteiger partial charge on any atom is -0.494 e. The quantitative estimate of drug-likeness (QED) is 0.377. The number of hydrogen-bond acceptors (Lipinski definition) is 5. The van der Waals surface area contributed by atoms with Crippen LogP contribution in [0.2, 0.25) is 5.02 Å². The summed E-state index contributed by atoms with van der Waals surface area (Å²) in [6.45, 7) is 4.50. The van der Waals surface area contributed by atoms with Crippen LogP contribution in [0.15, 0.2) is 58.3 Å². The number of carbonyl (C=O) groups is 2. The number of carbonyl (C=O) groups excluding carboxylic acids is 2. The molecule has 0 fully saturated rings. The lowest BCUT2D eigenvalue weighted by Gasteiger charge is -2.25. The molecule has 0 aliphatic carbocycles. The van der Waals surface area contributed by atoms with Crippen LogP contribution >= 0.6 is 35.1 Å². The van der Waals surface area contributed by atoms with Crippen molar-refractivity contribution in [2.24, 2.45) is 0 Å². The summed E-state index contributed by atoms with van der Waals surface area (Å²) in [5, 5.41) is 0.664. The molecule has 1 atom stereocenters. The van der Waals surface area contributed by atoms with Crippen LogP contribution in [0.3, 0.4) is 0 Å². The molecule has 0 amide bonds. The molecule has 0 bridgehead atoms. The number of benzene rings is 2. The molecule has 28 heavy (non-hydrogen) atoms. The molecule has 2 aromatic carbocycles. The van der Waals surface area contributed by atoms with Crippen LogP contribution in [0.25, 0.3) is 0 Å². The fraction of sp³-hybridized carbons (Fsp3) is 0.273. The van der Waals surface area contributed by atoms with E-state index in [1.165, 1.54) is 0 Å². The van der Waals surface area contributed by atoms with Crippen LogP contribution in [0.5, 0.6) is 5.75 Å². The largest absolute Gasteiger partial charge is 0.494 e. The lowest BCUT2D eigenvalue weighted by molar-refractivity contribution is -0.115. The van der Waals surface area contributed by atoms with Crippen molar-refractivity contribution >= 4 is 46.7 Å². The van der Waals surface area contributed by atoms with E-state index in [9.17, 15) is 9.59 Å². The van der Waals surface area contributed by atoms with Crippen molar-refractivity contribution in [2.75, 3.05) is 12.4 Å². The van der Waals surface area contributed by atoms with Gasteiger partial charge in [-0.25, -0.2) is 0 Å². The van der Waals surface area contributed by atoms with Crippen LogP contribution in [-0.2, 0) is 4.79 Å². The van der Waals surface area contributed by atoms with Crippen LogP contribution in [0.1, 0.15) is 41.4 Å². The fourth-order valence-corrected chi connectivity index (χ4v) is 5.77. The molecule has 2 aromatic rings. The van der Waals surface area contributed by atoms with E-state index in [4.69, 9.17) is 16.3 Å². The van der Waals surface area contributed by atoms with Crippen LogP contribution in [-0.4, -0.2) is 23.9 Å². The Morgan fingerprint density at radius 2 is 1.82 bits per heavy atom. The molecule has 0 radical (unpaired) electrons. The maximum absolute atomic E-state index is 13.1. The molecule has 146 valence electrons. The molecule has 0 spiro atoms. The highest BCUT2D eigenvalue weighted by Gasteiger charge is 2.33. The summed E-state index contributed by atoms with van der Waals surface area (Å²) in [7, 11) is 0. The van der Waals surface area contributed by atoms with Crippen molar-refractivity contribution in [3.05, 3.63) is 74.5 Å². The molecular weight excluding hydrogens is 412 g/mol. The number of ketones is 2. The van der Waals surface area contributed by atoms with Crippen LogP contribution in [0.4, 0.5) is 0 Å². The standard InChI is InChI=1S/C22H21ClO3S2/c1-3-26-17-11-7-15(8-12-17)21(25)20-18(24)13-19(28-22(20)27-4-2)14-5-9-16(23)10-6-14/h5-12,19H,3-4,13H2,1-2H3. The predicted octanol–water partition coefficient (Wildman–Crippen LogP) is 6.33. The molecule has 0 saturated heterocycles. The lowest BCUT2D eigenvalue weighted by atomic mass is 9.96. The van der Waals surface area contributed by atoms with Gasteiger partial charge in [-0.15, -0.1) is 23.5 Å². The molecule has 0 aromatic heterocycles. The topological polar surface area (TPSA) is 43.4 Å². The Balaban J connectivity index is 1.90. The number of rotatable bonds is 7.